The summed E-state index contributed by atoms with van der Waals surface area (Å²) >= 11 is 0. The largest absolute Gasteiger partial charge is 0.376 e. The molecule has 21 heavy (non-hydrogen) atoms. The first kappa shape index (κ1) is 15.5. The fourth-order valence-corrected chi connectivity index (χ4v) is 2.51. The van der Waals surface area contributed by atoms with Crippen LogP contribution in [-0.4, -0.2) is 47.8 Å². The third-order valence-corrected chi connectivity index (χ3v) is 3.87. The predicted molar refractivity (Wildman–Crippen MR) is 82.5 cm³/mol. The minimum atomic E-state index is -0.235. The highest BCUT2D eigenvalue weighted by atomic mass is 16.2. The molecule has 1 fully saturated rings. The van der Waals surface area contributed by atoms with Gasteiger partial charge in [-0.2, -0.15) is 5.10 Å². The Hall–Kier alpha value is -1.85. The number of carbonyl (C=O) groups is 1. The lowest BCUT2D eigenvalue weighted by molar-refractivity contribution is -0.132. The third-order valence-electron chi connectivity index (χ3n) is 3.87. The number of hydrogen-bond acceptors (Lipinski definition) is 4. The fourth-order valence-electron chi connectivity index (χ4n) is 2.51. The molecule has 1 aromatic heterocycles. The van der Waals surface area contributed by atoms with Crippen molar-refractivity contribution in [1.82, 2.24) is 14.7 Å². The molecule has 0 aliphatic carbocycles. The molecule has 0 N–H and O–H groups in total. The number of aromatic nitrogens is 2. The molecule has 1 saturated heterocycles. The monoisotopic (exact) mass is 292 g/mol. The number of nitrogens with zero attached hydrogens (tertiary/aromatic N) is 4. The quantitative estimate of drug-likeness (QED) is 0.837. The number of anilines is 1. The molecule has 1 aliphatic heterocycles. The van der Waals surface area contributed by atoms with Gasteiger partial charge in [-0.1, -0.05) is 19.3 Å². The van der Waals surface area contributed by atoms with Crippen molar-refractivity contribution in [3.05, 3.63) is 22.6 Å². The number of hydrogen-bond donors (Lipinski definition) is 0. The van der Waals surface area contributed by atoms with Crippen LogP contribution in [0.25, 0.3) is 0 Å². The average Bonchev–Trinajstić information content (AvgIpc) is 2.40. The van der Waals surface area contributed by atoms with Crippen LogP contribution in [0.5, 0.6) is 0 Å². The van der Waals surface area contributed by atoms with Gasteiger partial charge in [-0.3, -0.25) is 9.59 Å². The lowest BCUT2D eigenvalue weighted by Crippen LogP contribution is -2.39. The van der Waals surface area contributed by atoms with Gasteiger partial charge in [0.1, 0.15) is 6.54 Å². The highest BCUT2D eigenvalue weighted by Crippen LogP contribution is 2.11. The molecule has 0 saturated carbocycles. The van der Waals surface area contributed by atoms with Gasteiger partial charge in [0, 0.05) is 33.3 Å². The van der Waals surface area contributed by atoms with Gasteiger partial charge in [0.2, 0.25) is 5.91 Å². The van der Waals surface area contributed by atoms with Crippen molar-refractivity contribution >= 4 is 11.6 Å². The topological polar surface area (TPSA) is 58.4 Å². The summed E-state index contributed by atoms with van der Waals surface area (Å²) in [6.07, 6.45) is 7.33. The SMILES string of the molecule is CN(C)c1cnn(CC(=O)N2CCCCCCC2)c(=O)c1. The van der Waals surface area contributed by atoms with E-state index in [-0.39, 0.29) is 18.0 Å². The zero-order valence-corrected chi connectivity index (χ0v) is 12.9. The molecule has 116 valence electrons. The second kappa shape index (κ2) is 7.24. The number of amides is 1. The van der Waals surface area contributed by atoms with Crippen LogP contribution in [0.3, 0.4) is 0 Å². The number of rotatable bonds is 3. The first-order valence-corrected chi connectivity index (χ1v) is 7.60. The Kier molecular flexibility index (Phi) is 5.36. The molecule has 0 aromatic carbocycles. The summed E-state index contributed by atoms with van der Waals surface area (Å²) in [5.74, 6) is -0.0101. The van der Waals surface area contributed by atoms with E-state index in [0.717, 1.165) is 31.6 Å². The fraction of sp³-hybridized carbons (Fsp3) is 0.667. The second-order valence-electron chi connectivity index (χ2n) is 5.75. The van der Waals surface area contributed by atoms with Gasteiger partial charge in [0.15, 0.2) is 0 Å². The van der Waals surface area contributed by atoms with Crippen LogP contribution in [0.4, 0.5) is 5.69 Å². The maximum Gasteiger partial charge on any atom is 0.269 e. The Labute approximate surface area is 125 Å². The van der Waals surface area contributed by atoms with Crippen LogP contribution >= 0.6 is 0 Å². The van der Waals surface area contributed by atoms with Gasteiger partial charge in [0.25, 0.3) is 5.56 Å². The standard InChI is InChI=1S/C15H24N4O2/c1-17(2)13-10-14(20)19(16-11-13)12-15(21)18-8-6-4-3-5-7-9-18/h10-11H,3-9,12H2,1-2H3. The molecule has 0 atom stereocenters. The van der Waals surface area contributed by atoms with Gasteiger partial charge in [-0.25, -0.2) is 4.68 Å². The van der Waals surface area contributed by atoms with Crippen molar-refractivity contribution in [2.24, 2.45) is 0 Å². The molecule has 1 aliphatic rings. The van der Waals surface area contributed by atoms with Crippen molar-refractivity contribution in [2.75, 3.05) is 32.1 Å². The molecule has 0 unspecified atom stereocenters. The van der Waals surface area contributed by atoms with Crippen LogP contribution < -0.4 is 10.5 Å². The Morgan fingerprint density at radius 2 is 1.81 bits per heavy atom. The van der Waals surface area contributed by atoms with Crippen molar-refractivity contribution in [3.63, 3.8) is 0 Å². The summed E-state index contributed by atoms with van der Waals surface area (Å²) in [4.78, 5) is 28.0. The number of likely N-dealkylation sites (tertiary alicyclic amines) is 1. The molecular weight excluding hydrogens is 268 g/mol. The second-order valence-corrected chi connectivity index (χ2v) is 5.75. The molecular formula is C15H24N4O2. The zero-order chi connectivity index (χ0) is 15.2. The van der Waals surface area contributed by atoms with E-state index in [0.29, 0.717) is 0 Å². The Balaban J connectivity index is 2.03. The normalized spacial score (nSPS) is 16.2. The van der Waals surface area contributed by atoms with E-state index >= 15 is 0 Å². The summed E-state index contributed by atoms with van der Waals surface area (Å²) in [5, 5.41) is 4.09. The van der Waals surface area contributed by atoms with Gasteiger partial charge in [0.05, 0.1) is 11.9 Å². The summed E-state index contributed by atoms with van der Waals surface area (Å²) in [6, 6.07) is 1.51. The molecule has 2 heterocycles. The van der Waals surface area contributed by atoms with Crippen molar-refractivity contribution < 1.29 is 4.79 Å². The van der Waals surface area contributed by atoms with Gasteiger partial charge >= 0.3 is 0 Å². The van der Waals surface area contributed by atoms with E-state index < -0.39 is 0 Å². The van der Waals surface area contributed by atoms with Crippen LogP contribution in [0.1, 0.15) is 32.1 Å². The molecule has 0 spiro atoms. The minimum Gasteiger partial charge on any atom is -0.376 e. The summed E-state index contributed by atoms with van der Waals surface area (Å²) in [6.45, 7) is 1.62. The van der Waals surface area contributed by atoms with E-state index in [9.17, 15) is 9.59 Å². The Morgan fingerprint density at radius 1 is 1.19 bits per heavy atom. The highest BCUT2D eigenvalue weighted by molar-refractivity contribution is 5.75. The maximum absolute atomic E-state index is 12.3. The molecule has 2 rings (SSSR count). The van der Waals surface area contributed by atoms with Crippen molar-refractivity contribution in [1.29, 1.82) is 0 Å². The van der Waals surface area contributed by atoms with Gasteiger partial charge in [-0.05, 0) is 12.8 Å². The number of carbonyl (C=O) groups excluding carboxylic acids is 1. The highest BCUT2D eigenvalue weighted by Gasteiger charge is 2.16. The molecule has 6 nitrogen and oxygen atoms in total. The maximum atomic E-state index is 12.3. The van der Waals surface area contributed by atoms with E-state index in [1.54, 1.807) is 6.20 Å². The Bertz CT molecular complexity index is 531. The summed E-state index contributed by atoms with van der Waals surface area (Å²) in [7, 11) is 3.71. The summed E-state index contributed by atoms with van der Waals surface area (Å²) in [5.41, 5.74) is 0.511. The van der Waals surface area contributed by atoms with E-state index in [1.807, 2.05) is 23.9 Å². The molecule has 0 bridgehead atoms. The van der Waals surface area contributed by atoms with Crippen LogP contribution in [-0.2, 0) is 11.3 Å². The predicted octanol–water partition coefficient (Wildman–Crippen LogP) is 1.10. The first-order chi connectivity index (χ1) is 10.1. The molecule has 1 amide bonds. The van der Waals surface area contributed by atoms with Crippen molar-refractivity contribution in [2.45, 2.75) is 38.6 Å². The first-order valence-electron chi connectivity index (χ1n) is 7.60. The summed E-state index contributed by atoms with van der Waals surface area (Å²) < 4.78 is 1.24. The van der Waals surface area contributed by atoms with E-state index in [1.165, 1.54) is 30.0 Å². The van der Waals surface area contributed by atoms with Crippen LogP contribution in [0.2, 0.25) is 0 Å². The van der Waals surface area contributed by atoms with E-state index in [2.05, 4.69) is 5.10 Å². The van der Waals surface area contributed by atoms with Crippen LogP contribution in [0.15, 0.2) is 17.1 Å². The molecule has 6 heteroatoms. The van der Waals surface area contributed by atoms with Crippen molar-refractivity contribution in [3.8, 4) is 0 Å². The van der Waals surface area contributed by atoms with Crippen LogP contribution in [0, 0.1) is 0 Å². The third kappa shape index (κ3) is 4.31. The lowest BCUT2D eigenvalue weighted by Gasteiger charge is -2.24. The smallest absolute Gasteiger partial charge is 0.269 e. The minimum absolute atomic E-state index is 0.0101. The van der Waals surface area contributed by atoms with Gasteiger partial charge < -0.3 is 9.80 Å². The average molecular weight is 292 g/mol. The molecule has 0 radical (unpaired) electrons. The molecule has 1 aromatic rings. The lowest BCUT2D eigenvalue weighted by atomic mass is 10.1. The van der Waals surface area contributed by atoms with Gasteiger partial charge in [-0.15, -0.1) is 0 Å². The van der Waals surface area contributed by atoms with E-state index in [4.69, 9.17) is 0 Å². The zero-order valence-electron chi connectivity index (χ0n) is 12.9. The Morgan fingerprint density at radius 3 is 2.38 bits per heavy atom.